The van der Waals surface area contributed by atoms with Gasteiger partial charge in [0.2, 0.25) is 15.7 Å². The average Bonchev–Trinajstić information content (AvgIpc) is 3.37. The van der Waals surface area contributed by atoms with Gasteiger partial charge in [0.25, 0.3) is 5.91 Å². The number of nitrogens with zero attached hydrogens (tertiary/aromatic N) is 1. The minimum absolute atomic E-state index is 0.0226. The van der Waals surface area contributed by atoms with Crippen molar-refractivity contribution in [1.82, 2.24) is 9.88 Å². The van der Waals surface area contributed by atoms with E-state index in [4.69, 9.17) is 4.74 Å². The molecule has 1 aliphatic heterocycles. The lowest BCUT2D eigenvalue weighted by molar-refractivity contribution is -0.128. The molecule has 1 aliphatic rings. The van der Waals surface area contributed by atoms with Gasteiger partial charge in [-0.2, -0.15) is 0 Å². The maximum atomic E-state index is 13.8. The highest BCUT2D eigenvalue weighted by molar-refractivity contribution is 7.91. The number of rotatable bonds is 8. The van der Waals surface area contributed by atoms with Crippen LogP contribution in [-0.4, -0.2) is 62.4 Å². The summed E-state index contributed by atoms with van der Waals surface area (Å²) in [6, 6.07) is 10.2. The second kappa shape index (κ2) is 10.2. The third-order valence-electron chi connectivity index (χ3n) is 6.31. The molecule has 3 aromatic rings. The fraction of sp³-hybridized carbons (Fsp3) is 0.222. The first-order chi connectivity index (χ1) is 17.9. The van der Waals surface area contributed by atoms with Crippen molar-refractivity contribution in [1.29, 1.82) is 0 Å². The van der Waals surface area contributed by atoms with E-state index in [1.165, 1.54) is 30.2 Å². The highest BCUT2D eigenvalue weighted by Crippen LogP contribution is 2.38. The molecular formula is C27H27N3O7S. The molecule has 1 aromatic heterocycles. The Kier molecular flexibility index (Phi) is 7.14. The van der Waals surface area contributed by atoms with Crippen LogP contribution in [-0.2, 0) is 25.8 Å². The number of H-pyrrole nitrogens is 1. The normalized spacial score (nSPS) is 13.8. The zero-order chi connectivity index (χ0) is 27.8. The topological polar surface area (TPSA) is 146 Å². The highest BCUT2D eigenvalue weighted by Gasteiger charge is 2.30. The van der Waals surface area contributed by atoms with Crippen molar-refractivity contribution in [2.75, 3.05) is 26.5 Å². The Hall–Kier alpha value is -4.38. The molecule has 2 amide bonds. The van der Waals surface area contributed by atoms with Crippen LogP contribution in [0.3, 0.4) is 0 Å². The standard InChI is InChI=1S/C27H27N3O7S/c1-15-25(38(35,36)18-7-5-6-16(12-18)27(33)34)19(9-11-24(31)30(2)3)23(28-15)14-21-20-13-17(37-4)8-10-22(20)29-26(21)32/h5-8,10,12-14,28H,9,11H2,1-4H3,(H,29,32)(H,33,34)/b21-14+. The second-order valence-corrected chi connectivity index (χ2v) is 10.9. The van der Waals surface area contributed by atoms with Crippen LogP contribution in [0.1, 0.15) is 39.3 Å². The van der Waals surface area contributed by atoms with Crippen molar-refractivity contribution in [3.8, 4) is 5.75 Å². The number of amides is 2. The Balaban J connectivity index is 1.90. The summed E-state index contributed by atoms with van der Waals surface area (Å²) in [6.45, 7) is 1.58. The number of aryl methyl sites for hydroxylation is 1. The Morgan fingerprint density at radius 2 is 1.87 bits per heavy atom. The minimum Gasteiger partial charge on any atom is -0.497 e. The molecule has 0 aliphatic carbocycles. The Morgan fingerprint density at radius 1 is 1.13 bits per heavy atom. The number of methoxy groups -OCH3 is 1. The van der Waals surface area contributed by atoms with Gasteiger partial charge in [-0.1, -0.05) is 6.07 Å². The monoisotopic (exact) mass is 537 g/mol. The number of carbonyl (C=O) groups is 3. The second-order valence-electron chi connectivity index (χ2n) is 9.02. The van der Waals surface area contributed by atoms with E-state index in [2.05, 4.69) is 10.3 Å². The molecule has 2 aromatic carbocycles. The number of carboxylic acid groups (broad SMARTS) is 1. The number of hydrogen-bond acceptors (Lipinski definition) is 6. The Labute approximate surface area is 219 Å². The van der Waals surface area contributed by atoms with Crippen LogP contribution < -0.4 is 10.1 Å². The first-order valence-electron chi connectivity index (χ1n) is 11.7. The van der Waals surface area contributed by atoms with Crippen molar-refractivity contribution in [3.05, 3.63) is 70.5 Å². The lowest BCUT2D eigenvalue weighted by Crippen LogP contribution is -2.22. The average molecular weight is 538 g/mol. The fourth-order valence-electron chi connectivity index (χ4n) is 4.37. The van der Waals surface area contributed by atoms with Gasteiger partial charge < -0.3 is 25.0 Å². The molecule has 0 saturated heterocycles. The molecule has 0 fully saturated rings. The number of anilines is 1. The maximum absolute atomic E-state index is 13.8. The van der Waals surface area contributed by atoms with Crippen LogP contribution in [0.25, 0.3) is 11.6 Å². The van der Waals surface area contributed by atoms with Gasteiger partial charge in [0.05, 0.1) is 28.0 Å². The van der Waals surface area contributed by atoms with Gasteiger partial charge in [0.15, 0.2) is 0 Å². The number of nitrogens with one attached hydrogen (secondary N) is 2. The Bertz CT molecular complexity index is 1600. The number of benzene rings is 2. The predicted octanol–water partition coefficient (Wildman–Crippen LogP) is 3.38. The van der Waals surface area contributed by atoms with Gasteiger partial charge in [-0.05, 0) is 61.4 Å². The van der Waals surface area contributed by atoms with Gasteiger partial charge in [0, 0.05) is 43.2 Å². The first kappa shape index (κ1) is 26.7. The summed E-state index contributed by atoms with van der Waals surface area (Å²) in [6.07, 6.45) is 1.66. The molecule has 0 radical (unpaired) electrons. The summed E-state index contributed by atoms with van der Waals surface area (Å²) in [4.78, 5) is 41.0. The number of ether oxygens (including phenoxy) is 1. The van der Waals surface area contributed by atoms with Crippen molar-refractivity contribution < 1.29 is 32.6 Å². The van der Waals surface area contributed by atoms with Gasteiger partial charge in [0.1, 0.15) is 5.75 Å². The van der Waals surface area contributed by atoms with Crippen molar-refractivity contribution in [2.45, 2.75) is 29.6 Å². The molecular weight excluding hydrogens is 510 g/mol. The van der Waals surface area contributed by atoms with Crippen LogP contribution in [0.15, 0.2) is 52.3 Å². The van der Waals surface area contributed by atoms with Crippen molar-refractivity contribution >= 4 is 45.0 Å². The van der Waals surface area contributed by atoms with Gasteiger partial charge in [-0.25, -0.2) is 13.2 Å². The summed E-state index contributed by atoms with van der Waals surface area (Å²) in [7, 11) is 0.537. The number of carbonyl (C=O) groups excluding carboxylic acids is 2. The minimum atomic E-state index is -4.19. The number of fused-ring (bicyclic) bond motifs is 1. The lowest BCUT2D eigenvalue weighted by atomic mass is 10.0. The molecule has 198 valence electrons. The molecule has 0 atom stereocenters. The quantitative estimate of drug-likeness (QED) is 0.374. The third-order valence-corrected chi connectivity index (χ3v) is 8.27. The number of hydrogen-bond donors (Lipinski definition) is 3. The summed E-state index contributed by atoms with van der Waals surface area (Å²) in [5, 5.41) is 12.1. The lowest BCUT2D eigenvalue weighted by Gasteiger charge is -2.12. The molecule has 0 unspecified atom stereocenters. The van der Waals surface area contributed by atoms with E-state index in [-0.39, 0.29) is 40.0 Å². The van der Waals surface area contributed by atoms with E-state index in [1.807, 2.05) is 0 Å². The smallest absolute Gasteiger partial charge is 0.335 e. The van der Waals surface area contributed by atoms with Crippen LogP contribution in [0.5, 0.6) is 5.75 Å². The molecule has 11 heteroatoms. The molecule has 0 spiro atoms. The zero-order valence-electron chi connectivity index (χ0n) is 21.3. The van der Waals surface area contributed by atoms with E-state index >= 15 is 0 Å². The third kappa shape index (κ3) is 4.92. The van der Waals surface area contributed by atoms with E-state index in [1.54, 1.807) is 45.3 Å². The molecule has 38 heavy (non-hydrogen) atoms. The van der Waals surface area contributed by atoms with Gasteiger partial charge in [-0.3, -0.25) is 9.59 Å². The fourth-order valence-corrected chi connectivity index (χ4v) is 6.14. The molecule has 3 N–H and O–H groups in total. The van der Waals surface area contributed by atoms with Crippen molar-refractivity contribution in [2.24, 2.45) is 0 Å². The van der Waals surface area contributed by atoms with E-state index in [0.717, 1.165) is 6.07 Å². The number of aromatic carboxylic acids is 1. The molecule has 2 heterocycles. The first-order valence-corrected chi connectivity index (χ1v) is 13.1. The number of aromatic amines is 1. The zero-order valence-corrected chi connectivity index (χ0v) is 22.1. The van der Waals surface area contributed by atoms with Crippen LogP contribution >= 0.6 is 0 Å². The highest BCUT2D eigenvalue weighted by atomic mass is 32.2. The number of aromatic nitrogens is 1. The summed E-state index contributed by atoms with van der Waals surface area (Å²) in [5.41, 5.74) is 2.31. The Morgan fingerprint density at radius 3 is 2.53 bits per heavy atom. The van der Waals surface area contributed by atoms with Crippen LogP contribution in [0, 0.1) is 6.92 Å². The van der Waals surface area contributed by atoms with E-state index in [9.17, 15) is 27.9 Å². The molecule has 4 rings (SSSR count). The predicted molar refractivity (Wildman–Crippen MR) is 141 cm³/mol. The summed E-state index contributed by atoms with van der Waals surface area (Å²) >= 11 is 0. The summed E-state index contributed by atoms with van der Waals surface area (Å²) < 4.78 is 32.9. The molecule has 0 saturated carbocycles. The van der Waals surface area contributed by atoms with Crippen LogP contribution in [0.2, 0.25) is 0 Å². The molecule has 0 bridgehead atoms. The van der Waals surface area contributed by atoms with E-state index in [0.29, 0.717) is 39.5 Å². The number of sulfone groups is 1. The largest absolute Gasteiger partial charge is 0.497 e. The SMILES string of the molecule is COc1ccc2c(c1)/C(=C\c1[nH]c(C)c(S(=O)(=O)c3cccc(C(=O)O)c3)c1CCC(=O)N(C)C)C(=O)N2. The maximum Gasteiger partial charge on any atom is 0.335 e. The van der Waals surface area contributed by atoms with Crippen molar-refractivity contribution in [3.63, 3.8) is 0 Å². The van der Waals surface area contributed by atoms with E-state index < -0.39 is 15.8 Å². The molecule has 10 nitrogen and oxygen atoms in total. The number of carboxylic acids is 1. The summed E-state index contributed by atoms with van der Waals surface area (Å²) in [5.74, 6) is -1.27. The van der Waals surface area contributed by atoms with Gasteiger partial charge in [-0.15, -0.1) is 0 Å². The van der Waals surface area contributed by atoms with Crippen LogP contribution in [0.4, 0.5) is 5.69 Å². The van der Waals surface area contributed by atoms with Gasteiger partial charge >= 0.3 is 5.97 Å².